The third kappa shape index (κ3) is 6.60. The van der Waals surface area contributed by atoms with E-state index in [1.165, 1.54) is 16.8 Å². The van der Waals surface area contributed by atoms with E-state index in [1.54, 1.807) is 11.0 Å². The molecule has 1 aliphatic carbocycles. The number of hydrogen-bond donors (Lipinski definition) is 2. The Morgan fingerprint density at radius 3 is 2.41 bits per heavy atom. The zero-order chi connectivity index (χ0) is 40.3. The fourth-order valence-electron chi connectivity index (χ4n) is 10.5. The standard InChI is InChI=1S/C47H53N7O4/c1-5-29-25-35-37(47(2,3)44-42(43(35)56)34-13-12-31(48-4)26-38(34)49-44)27-40(29)53-19-16-32(17-20-53)52-23-21-51(22-24-52)18-7-6-9-30-10-8-11-33-36(30)28-54(46(33)58)39-14-15-41(55)50-45(39)57/h8,10-13,25-27,32,39,49H,5-7,9,14-24,28H2,1-3H3,(H,50,55,57). The lowest BCUT2D eigenvalue weighted by atomic mass is 9.70. The number of nitrogens with zero attached hydrogens (tertiary/aromatic N) is 5. The summed E-state index contributed by atoms with van der Waals surface area (Å²) in [4.78, 5) is 68.2. The SMILES string of the molecule is [C-]#[N+]c1ccc2c3c([nH]c2c1)C(C)(C)c1cc(N2CCC(N4CCN(CCCCc5cccc6c5CN(C5CCC(=O)NC5=O)C6=O)CC4)CC2)c(CC)cc1C3=O. The normalized spacial score (nSPS) is 21.2. The van der Waals surface area contributed by atoms with Gasteiger partial charge in [-0.1, -0.05) is 45.0 Å². The Hall–Kier alpha value is -5.31. The minimum Gasteiger partial charge on any atom is -0.371 e. The molecule has 1 aromatic heterocycles. The van der Waals surface area contributed by atoms with Gasteiger partial charge in [-0.05, 0) is 98.0 Å². The van der Waals surface area contributed by atoms with E-state index in [0.717, 1.165) is 123 Å². The van der Waals surface area contributed by atoms with E-state index in [9.17, 15) is 19.2 Å². The molecular weight excluding hydrogens is 727 g/mol. The van der Waals surface area contributed by atoms with Crippen LogP contribution in [0.2, 0.25) is 0 Å². The third-order valence-electron chi connectivity index (χ3n) is 13.9. The summed E-state index contributed by atoms with van der Waals surface area (Å²) in [5, 5.41) is 3.29. The predicted molar refractivity (Wildman–Crippen MR) is 225 cm³/mol. The number of nitrogens with one attached hydrogen (secondary N) is 2. The molecule has 5 aliphatic rings. The predicted octanol–water partition coefficient (Wildman–Crippen LogP) is 6.52. The lowest BCUT2D eigenvalue weighted by molar-refractivity contribution is -0.136. The van der Waals surface area contributed by atoms with E-state index in [0.29, 0.717) is 30.3 Å². The molecule has 58 heavy (non-hydrogen) atoms. The van der Waals surface area contributed by atoms with E-state index in [1.807, 2.05) is 24.3 Å². The number of benzene rings is 3. The zero-order valence-corrected chi connectivity index (χ0v) is 34.0. The monoisotopic (exact) mass is 779 g/mol. The van der Waals surface area contributed by atoms with Crippen molar-refractivity contribution < 1.29 is 19.2 Å². The van der Waals surface area contributed by atoms with Gasteiger partial charge in [-0.15, -0.1) is 0 Å². The number of aryl methyl sites for hydroxylation is 2. The fourth-order valence-corrected chi connectivity index (χ4v) is 10.5. The Balaban J connectivity index is 0.773. The van der Waals surface area contributed by atoms with Crippen LogP contribution < -0.4 is 10.2 Å². The minimum absolute atomic E-state index is 0.0716. The van der Waals surface area contributed by atoms with Crippen LogP contribution in [-0.2, 0) is 34.4 Å². The number of carbonyl (C=O) groups is 4. The van der Waals surface area contributed by atoms with Gasteiger partial charge in [0.1, 0.15) is 6.04 Å². The number of carbonyl (C=O) groups excluding carboxylic acids is 4. The molecule has 1 atom stereocenters. The number of fused-ring (bicyclic) bond motifs is 5. The van der Waals surface area contributed by atoms with Gasteiger partial charge in [-0.25, -0.2) is 4.85 Å². The molecule has 0 radical (unpaired) electrons. The maximum absolute atomic E-state index is 14.1. The van der Waals surface area contributed by atoms with Gasteiger partial charge in [0.15, 0.2) is 11.5 Å². The van der Waals surface area contributed by atoms with Crippen LogP contribution in [0.25, 0.3) is 15.7 Å². The number of rotatable bonds is 9. The Kier molecular flexibility index (Phi) is 9.97. The highest BCUT2D eigenvalue weighted by atomic mass is 16.2. The van der Waals surface area contributed by atoms with E-state index in [4.69, 9.17) is 6.57 Å². The molecule has 300 valence electrons. The maximum atomic E-state index is 14.1. The average Bonchev–Trinajstić information content (AvgIpc) is 3.80. The molecule has 3 amide bonds. The molecule has 1 unspecified atom stereocenters. The molecule has 4 aliphatic heterocycles. The first-order valence-corrected chi connectivity index (χ1v) is 21.3. The Bertz CT molecular complexity index is 2370. The number of ketones is 1. The van der Waals surface area contributed by atoms with Crippen LogP contribution in [0.3, 0.4) is 0 Å². The summed E-state index contributed by atoms with van der Waals surface area (Å²) in [5.74, 6) is -0.669. The molecule has 11 nitrogen and oxygen atoms in total. The number of H-pyrrole nitrogens is 1. The van der Waals surface area contributed by atoms with Gasteiger partial charge in [-0.3, -0.25) is 29.4 Å². The van der Waals surface area contributed by atoms with Crippen LogP contribution in [0.4, 0.5) is 11.4 Å². The van der Waals surface area contributed by atoms with Gasteiger partial charge in [-0.2, -0.15) is 0 Å². The molecule has 0 spiro atoms. The summed E-state index contributed by atoms with van der Waals surface area (Å²) in [5.41, 5.74) is 10.0. The number of hydrogen-bond acceptors (Lipinski definition) is 7. The number of unbranched alkanes of at least 4 members (excludes halogenated alkanes) is 1. The summed E-state index contributed by atoms with van der Waals surface area (Å²) >= 11 is 0. The first-order valence-electron chi connectivity index (χ1n) is 21.3. The van der Waals surface area contributed by atoms with Crippen LogP contribution >= 0.6 is 0 Å². The smallest absolute Gasteiger partial charge is 0.255 e. The summed E-state index contributed by atoms with van der Waals surface area (Å²) in [6.45, 7) is 21.9. The van der Waals surface area contributed by atoms with Gasteiger partial charge in [0, 0.05) is 97.1 Å². The van der Waals surface area contributed by atoms with Crippen molar-refractivity contribution >= 4 is 45.8 Å². The molecule has 2 N–H and O–H groups in total. The molecule has 0 saturated carbocycles. The number of piperidine rings is 2. The lowest BCUT2D eigenvalue weighted by Gasteiger charge is -2.44. The molecule has 11 heteroatoms. The second kappa shape index (κ2) is 15.1. The van der Waals surface area contributed by atoms with Crippen molar-refractivity contribution in [1.82, 2.24) is 25.0 Å². The van der Waals surface area contributed by atoms with Crippen molar-refractivity contribution in [1.29, 1.82) is 0 Å². The van der Waals surface area contributed by atoms with Crippen LogP contribution in [0, 0.1) is 6.57 Å². The van der Waals surface area contributed by atoms with Gasteiger partial charge >= 0.3 is 0 Å². The fraction of sp³-hybridized carbons (Fsp3) is 0.468. The van der Waals surface area contributed by atoms with Crippen molar-refractivity contribution in [2.24, 2.45) is 0 Å². The van der Waals surface area contributed by atoms with Crippen molar-refractivity contribution in [3.63, 3.8) is 0 Å². The highest BCUT2D eigenvalue weighted by molar-refractivity contribution is 6.20. The molecule has 3 saturated heterocycles. The quantitative estimate of drug-likeness (QED) is 0.113. The van der Waals surface area contributed by atoms with Gasteiger partial charge in [0.2, 0.25) is 11.8 Å². The second-order valence-corrected chi connectivity index (χ2v) is 17.4. The van der Waals surface area contributed by atoms with E-state index >= 15 is 0 Å². The van der Waals surface area contributed by atoms with Crippen LogP contribution in [-0.4, -0.2) is 101 Å². The van der Waals surface area contributed by atoms with Crippen molar-refractivity contribution in [3.05, 3.63) is 105 Å². The molecule has 3 fully saturated rings. The Morgan fingerprint density at radius 1 is 0.879 bits per heavy atom. The molecule has 4 aromatic rings. The average molecular weight is 780 g/mol. The number of piperazine rings is 1. The van der Waals surface area contributed by atoms with E-state index < -0.39 is 11.5 Å². The molecular formula is C47H53N7O4. The van der Waals surface area contributed by atoms with Crippen molar-refractivity contribution in [3.8, 4) is 0 Å². The van der Waals surface area contributed by atoms with Crippen LogP contribution in [0.5, 0.6) is 0 Å². The highest BCUT2D eigenvalue weighted by Crippen LogP contribution is 2.46. The first-order chi connectivity index (χ1) is 28.0. The molecule has 5 heterocycles. The number of anilines is 1. The van der Waals surface area contributed by atoms with Crippen molar-refractivity contribution in [2.45, 2.75) is 96.2 Å². The lowest BCUT2D eigenvalue weighted by Crippen LogP contribution is -2.53. The zero-order valence-electron chi connectivity index (χ0n) is 34.0. The Morgan fingerprint density at radius 2 is 1.67 bits per heavy atom. The minimum atomic E-state index is -0.584. The van der Waals surface area contributed by atoms with Crippen molar-refractivity contribution in [2.75, 3.05) is 50.7 Å². The first kappa shape index (κ1) is 38.2. The summed E-state index contributed by atoms with van der Waals surface area (Å²) < 4.78 is 0. The van der Waals surface area contributed by atoms with E-state index in [2.05, 4.69) is 68.8 Å². The number of imide groups is 1. The van der Waals surface area contributed by atoms with Crippen LogP contribution in [0.1, 0.15) is 114 Å². The maximum Gasteiger partial charge on any atom is 0.255 e. The van der Waals surface area contributed by atoms with Gasteiger partial charge < -0.3 is 19.7 Å². The highest BCUT2D eigenvalue weighted by Gasteiger charge is 2.42. The van der Waals surface area contributed by atoms with Crippen LogP contribution in [0.15, 0.2) is 48.5 Å². The third-order valence-corrected chi connectivity index (χ3v) is 13.9. The number of aromatic nitrogens is 1. The molecule has 0 bridgehead atoms. The summed E-state index contributed by atoms with van der Waals surface area (Å²) in [6, 6.07) is 16.0. The summed E-state index contributed by atoms with van der Waals surface area (Å²) in [6.07, 6.45) is 6.81. The second-order valence-electron chi connectivity index (χ2n) is 17.4. The molecule has 9 rings (SSSR count). The summed E-state index contributed by atoms with van der Waals surface area (Å²) in [7, 11) is 0. The van der Waals surface area contributed by atoms with Gasteiger partial charge in [0.05, 0.1) is 12.1 Å². The largest absolute Gasteiger partial charge is 0.371 e. The van der Waals surface area contributed by atoms with E-state index in [-0.39, 0.29) is 29.9 Å². The number of amides is 3. The topological polar surface area (TPSA) is 113 Å². The Labute approximate surface area is 340 Å². The number of aromatic amines is 1. The molecule has 3 aromatic carbocycles. The van der Waals surface area contributed by atoms with Gasteiger partial charge in [0.25, 0.3) is 5.91 Å².